The van der Waals surface area contributed by atoms with E-state index < -0.39 is 0 Å². The molecule has 0 aliphatic rings. The Morgan fingerprint density at radius 3 is 2.65 bits per heavy atom. The smallest absolute Gasteiger partial charge is 0.0946 e. The maximum absolute atomic E-state index is 4.13. The minimum absolute atomic E-state index is 0.188. The molecular weight excluding hydrogens is 334 g/mol. The standard InChI is InChI=1S/C15H22BrN3S/c1-11(12-5-6-14(16)20-12)18-13(15(2,3)4)9-19-8-7-17-10-19/h5-8,10-11,13,18H,9H2,1-4H3. The lowest BCUT2D eigenvalue weighted by atomic mass is 9.86. The molecule has 0 spiro atoms. The molecule has 2 aromatic heterocycles. The first-order valence-corrected chi connectivity index (χ1v) is 8.44. The number of hydrogen-bond acceptors (Lipinski definition) is 3. The molecule has 0 aromatic carbocycles. The fourth-order valence-corrected chi connectivity index (χ4v) is 3.56. The highest BCUT2D eigenvalue weighted by atomic mass is 79.9. The lowest BCUT2D eigenvalue weighted by molar-refractivity contribution is 0.226. The van der Waals surface area contributed by atoms with Crippen LogP contribution < -0.4 is 5.32 Å². The quantitative estimate of drug-likeness (QED) is 0.857. The van der Waals surface area contributed by atoms with Crippen molar-refractivity contribution < 1.29 is 0 Å². The molecular formula is C15H22BrN3S. The van der Waals surface area contributed by atoms with Gasteiger partial charge in [0.1, 0.15) is 0 Å². The van der Waals surface area contributed by atoms with E-state index in [4.69, 9.17) is 0 Å². The van der Waals surface area contributed by atoms with E-state index in [0.29, 0.717) is 12.1 Å². The van der Waals surface area contributed by atoms with Gasteiger partial charge in [-0.15, -0.1) is 11.3 Å². The van der Waals surface area contributed by atoms with Crippen LogP contribution in [0.2, 0.25) is 0 Å². The second-order valence-electron chi connectivity index (χ2n) is 6.21. The third-order valence-corrected chi connectivity index (χ3v) is 5.28. The molecule has 3 nitrogen and oxygen atoms in total. The van der Waals surface area contributed by atoms with Gasteiger partial charge in [0.2, 0.25) is 0 Å². The van der Waals surface area contributed by atoms with Crippen LogP contribution in [0, 0.1) is 5.41 Å². The maximum atomic E-state index is 4.13. The Bertz CT molecular complexity index is 528. The zero-order valence-electron chi connectivity index (χ0n) is 12.4. The Balaban J connectivity index is 2.08. The van der Waals surface area contributed by atoms with Gasteiger partial charge in [-0.05, 0) is 40.4 Å². The van der Waals surface area contributed by atoms with Crippen LogP contribution in [0.1, 0.15) is 38.6 Å². The van der Waals surface area contributed by atoms with Crippen LogP contribution >= 0.6 is 27.3 Å². The molecule has 0 radical (unpaired) electrons. The number of rotatable bonds is 5. The molecule has 2 rings (SSSR count). The van der Waals surface area contributed by atoms with Gasteiger partial charge in [-0.3, -0.25) is 0 Å². The summed E-state index contributed by atoms with van der Waals surface area (Å²) in [6, 6.07) is 5.02. The molecule has 1 N–H and O–H groups in total. The molecule has 0 saturated carbocycles. The van der Waals surface area contributed by atoms with Crippen molar-refractivity contribution in [3.8, 4) is 0 Å². The van der Waals surface area contributed by atoms with Crippen LogP contribution in [-0.2, 0) is 6.54 Å². The Hall–Kier alpha value is -0.650. The average Bonchev–Trinajstić information content (AvgIpc) is 2.98. The molecule has 0 aliphatic carbocycles. The molecule has 0 bridgehead atoms. The van der Waals surface area contributed by atoms with Gasteiger partial charge in [0.25, 0.3) is 0 Å². The summed E-state index contributed by atoms with van der Waals surface area (Å²) in [5, 5.41) is 3.77. The minimum Gasteiger partial charge on any atom is -0.336 e. The zero-order chi connectivity index (χ0) is 14.8. The molecule has 0 aliphatic heterocycles. The van der Waals surface area contributed by atoms with Crippen molar-refractivity contribution in [2.24, 2.45) is 5.41 Å². The van der Waals surface area contributed by atoms with Crippen LogP contribution in [-0.4, -0.2) is 15.6 Å². The number of nitrogens with zero attached hydrogens (tertiary/aromatic N) is 2. The van der Waals surface area contributed by atoms with E-state index in [0.717, 1.165) is 6.54 Å². The van der Waals surface area contributed by atoms with Crippen molar-refractivity contribution >= 4 is 27.3 Å². The summed E-state index contributed by atoms with van der Waals surface area (Å²) in [6.45, 7) is 9.99. The topological polar surface area (TPSA) is 29.9 Å². The van der Waals surface area contributed by atoms with Gasteiger partial charge in [0.15, 0.2) is 0 Å². The number of aromatic nitrogens is 2. The van der Waals surface area contributed by atoms with Gasteiger partial charge in [0, 0.05) is 35.9 Å². The van der Waals surface area contributed by atoms with Crippen molar-refractivity contribution in [3.05, 3.63) is 39.5 Å². The summed E-state index contributed by atoms with van der Waals surface area (Å²) >= 11 is 5.32. The summed E-state index contributed by atoms with van der Waals surface area (Å²) < 4.78 is 3.32. The largest absolute Gasteiger partial charge is 0.336 e. The third kappa shape index (κ3) is 4.17. The van der Waals surface area contributed by atoms with E-state index in [1.807, 2.05) is 18.7 Å². The summed E-state index contributed by atoms with van der Waals surface area (Å²) in [5.74, 6) is 0. The van der Waals surface area contributed by atoms with Gasteiger partial charge in [-0.2, -0.15) is 0 Å². The van der Waals surface area contributed by atoms with Crippen molar-refractivity contribution in [2.45, 2.75) is 46.3 Å². The van der Waals surface area contributed by atoms with E-state index in [2.05, 4.69) is 70.6 Å². The molecule has 0 saturated heterocycles. The first-order valence-electron chi connectivity index (χ1n) is 6.83. The van der Waals surface area contributed by atoms with Crippen molar-refractivity contribution in [3.63, 3.8) is 0 Å². The minimum atomic E-state index is 0.188. The Morgan fingerprint density at radius 2 is 2.15 bits per heavy atom. The van der Waals surface area contributed by atoms with Gasteiger partial charge in [0.05, 0.1) is 10.1 Å². The predicted molar refractivity (Wildman–Crippen MR) is 89.0 cm³/mol. The van der Waals surface area contributed by atoms with Gasteiger partial charge < -0.3 is 9.88 Å². The predicted octanol–water partition coefficient (Wildman–Crippen LogP) is 4.47. The van der Waals surface area contributed by atoms with Crippen LogP contribution in [0.15, 0.2) is 34.6 Å². The van der Waals surface area contributed by atoms with E-state index in [1.165, 1.54) is 8.66 Å². The fraction of sp³-hybridized carbons (Fsp3) is 0.533. The number of hydrogen-bond donors (Lipinski definition) is 1. The van der Waals surface area contributed by atoms with Gasteiger partial charge in [-0.25, -0.2) is 4.98 Å². The number of halogens is 1. The zero-order valence-corrected chi connectivity index (χ0v) is 14.8. The highest BCUT2D eigenvalue weighted by Crippen LogP contribution is 2.29. The Morgan fingerprint density at radius 1 is 1.40 bits per heavy atom. The van der Waals surface area contributed by atoms with E-state index in [9.17, 15) is 0 Å². The monoisotopic (exact) mass is 355 g/mol. The highest BCUT2D eigenvalue weighted by Gasteiger charge is 2.26. The first-order chi connectivity index (χ1) is 9.36. The number of thiophene rings is 1. The molecule has 5 heteroatoms. The van der Waals surface area contributed by atoms with E-state index in [1.54, 1.807) is 11.3 Å². The number of nitrogens with one attached hydrogen (secondary N) is 1. The molecule has 2 unspecified atom stereocenters. The normalized spacial score (nSPS) is 15.2. The molecule has 2 aromatic rings. The second kappa shape index (κ2) is 6.41. The third-order valence-electron chi connectivity index (χ3n) is 3.47. The van der Waals surface area contributed by atoms with E-state index in [-0.39, 0.29) is 5.41 Å². The Labute approximate surface area is 133 Å². The molecule has 110 valence electrons. The van der Waals surface area contributed by atoms with Crippen LogP contribution in [0.4, 0.5) is 0 Å². The number of imidazole rings is 1. The maximum Gasteiger partial charge on any atom is 0.0946 e. The summed E-state index contributed by atoms with van der Waals surface area (Å²) in [7, 11) is 0. The SMILES string of the molecule is CC(NC(Cn1ccnc1)C(C)(C)C)c1ccc(Br)s1. The fourth-order valence-electron chi connectivity index (χ4n) is 2.13. The Kier molecular flexibility index (Phi) is 5.04. The molecule has 20 heavy (non-hydrogen) atoms. The summed E-state index contributed by atoms with van der Waals surface area (Å²) in [4.78, 5) is 5.49. The van der Waals surface area contributed by atoms with Crippen molar-refractivity contribution in [2.75, 3.05) is 0 Å². The van der Waals surface area contributed by atoms with Crippen molar-refractivity contribution in [1.82, 2.24) is 14.9 Å². The molecule has 0 amide bonds. The molecule has 2 atom stereocenters. The average molecular weight is 356 g/mol. The van der Waals surface area contributed by atoms with Gasteiger partial charge in [-0.1, -0.05) is 20.8 Å². The van der Waals surface area contributed by atoms with Crippen molar-refractivity contribution in [1.29, 1.82) is 0 Å². The highest BCUT2D eigenvalue weighted by molar-refractivity contribution is 9.11. The van der Waals surface area contributed by atoms with Gasteiger partial charge >= 0.3 is 0 Å². The van der Waals surface area contributed by atoms with Crippen LogP contribution in [0.25, 0.3) is 0 Å². The van der Waals surface area contributed by atoms with Crippen LogP contribution in [0.3, 0.4) is 0 Å². The van der Waals surface area contributed by atoms with Crippen LogP contribution in [0.5, 0.6) is 0 Å². The van der Waals surface area contributed by atoms with E-state index >= 15 is 0 Å². The second-order valence-corrected chi connectivity index (χ2v) is 8.70. The lowest BCUT2D eigenvalue weighted by Crippen LogP contribution is -2.44. The molecule has 0 fully saturated rings. The summed E-state index contributed by atoms with van der Waals surface area (Å²) in [6.07, 6.45) is 5.74. The lowest BCUT2D eigenvalue weighted by Gasteiger charge is -2.34. The first kappa shape index (κ1) is 15.7. The summed E-state index contributed by atoms with van der Waals surface area (Å²) in [5.41, 5.74) is 0.188. The molecule has 2 heterocycles.